The molecule has 0 spiro atoms. The van der Waals surface area contributed by atoms with E-state index in [1.807, 2.05) is 45.0 Å². The zero-order valence-electron chi connectivity index (χ0n) is 19.0. The smallest absolute Gasteiger partial charge is 0.388 e. The van der Waals surface area contributed by atoms with Crippen molar-refractivity contribution in [2.75, 3.05) is 34.8 Å². The maximum Gasteiger partial charge on any atom is 0.437 e. The Morgan fingerprint density at radius 2 is 2.12 bits per heavy atom. The second-order valence-electron chi connectivity index (χ2n) is 8.63. The summed E-state index contributed by atoms with van der Waals surface area (Å²) in [6, 6.07) is 7.45. The molecule has 1 aromatic carbocycles. The molecular weight excluding hydrogens is 422 g/mol. The van der Waals surface area contributed by atoms with E-state index >= 15 is 0 Å². The molecule has 4 heterocycles. The van der Waals surface area contributed by atoms with Crippen LogP contribution in [0.25, 0.3) is 11.5 Å². The number of nitrogens with one attached hydrogen (secondary N) is 1. The van der Waals surface area contributed by atoms with Gasteiger partial charge in [-0.05, 0) is 51.8 Å². The standard InChI is InChI=1S/C23H27N7O3/c1-4-24-22-25-12-18-19(26-22)28-10-6-9-17(28)13-29(21(18)31)16-8-5-7-15(11-16)20-27-30(14(2)3)23(32)33-20/h5,7-8,11-12,14,17H,4,6,9-10,13H2,1-3H3,(H,24,25,26). The van der Waals surface area contributed by atoms with Crippen LogP contribution in [-0.4, -0.2) is 51.3 Å². The van der Waals surface area contributed by atoms with Gasteiger partial charge in [0.25, 0.3) is 5.91 Å². The molecular formula is C23H27N7O3. The Labute approximate surface area is 191 Å². The molecule has 3 aromatic rings. The van der Waals surface area contributed by atoms with Gasteiger partial charge in [-0.1, -0.05) is 6.07 Å². The number of amides is 1. The first kappa shape index (κ1) is 21.2. The highest BCUT2D eigenvalue weighted by molar-refractivity contribution is 6.10. The third-order valence-corrected chi connectivity index (χ3v) is 6.09. The molecule has 2 aliphatic rings. The molecule has 0 saturated carbocycles. The van der Waals surface area contributed by atoms with Crippen molar-refractivity contribution < 1.29 is 9.21 Å². The quantitative estimate of drug-likeness (QED) is 0.633. The Kier molecular flexibility index (Phi) is 5.35. The molecule has 1 atom stereocenters. The Morgan fingerprint density at radius 3 is 2.88 bits per heavy atom. The minimum atomic E-state index is -0.500. The Hall–Kier alpha value is -3.69. The van der Waals surface area contributed by atoms with Crippen molar-refractivity contribution in [3.8, 4) is 11.5 Å². The van der Waals surface area contributed by atoms with Gasteiger partial charge in [-0.25, -0.2) is 9.78 Å². The van der Waals surface area contributed by atoms with E-state index in [2.05, 4.69) is 25.3 Å². The number of carbonyl (C=O) groups is 1. The topological polar surface area (TPSA) is 109 Å². The number of hydrogen-bond acceptors (Lipinski definition) is 8. The number of benzene rings is 1. The summed E-state index contributed by atoms with van der Waals surface area (Å²) in [5.74, 6) is 0.809. The molecule has 0 radical (unpaired) electrons. The van der Waals surface area contributed by atoms with Crippen LogP contribution in [0, 0.1) is 0 Å². The van der Waals surface area contributed by atoms with Crippen molar-refractivity contribution in [3.63, 3.8) is 0 Å². The predicted octanol–water partition coefficient (Wildman–Crippen LogP) is 2.94. The lowest BCUT2D eigenvalue weighted by Crippen LogP contribution is -2.39. The lowest BCUT2D eigenvalue weighted by molar-refractivity contribution is 0.0988. The van der Waals surface area contributed by atoms with Crippen LogP contribution >= 0.6 is 0 Å². The molecule has 1 N–H and O–H groups in total. The number of carbonyl (C=O) groups excluding carboxylic acids is 1. The van der Waals surface area contributed by atoms with Gasteiger partial charge >= 0.3 is 5.76 Å². The molecule has 1 fully saturated rings. The second-order valence-corrected chi connectivity index (χ2v) is 8.63. The number of hydrogen-bond donors (Lipinski definition) is 1. The molecule has 2 aliphatic heterocycles. The maximum absolute atomic E-state index is 13.6. The van der Waals surface area contributed by atoms with Crippen molar-refractivity contribution in [2.24, 2.45) is 0 Å². The van der Waals surface area contributed by atoms with E-state index in [1.165, 1.54) is 4.68 Å². The van der Waals surface area contributed by atoms with Gasteiger partial charge in [0.05, 0.1) is 6.04 Å². The third kappa shape index (κ3) is 3.75. The normalized spacial score (nSPS) is 17.8. The van der Waals surface area contributed by atoms with Crippen molar-refractivity contribution in [2.45, 2.75) is 45.7 Å². The summed E-state index contributed by atoms with van der Waals surface area (Å²) in [6.45, 7) is 7.83. The SMILES string of the molecule is CCNc1ncc2c(n1)N1CCCC1CN(c1cccc(-c3nn(C(C)C)c(=O)o3)c1)C2=O. The van der Waals surface area contributed by atoms with Gasteiger partial charge in [0, 0.05) is 43.1 Å². The lowest BCUT2D eigenvalue weighted by atomic mass is 10.1. The van der Waals surface area contributed by atoms with E-state index in [9.17, 15) is 9.59 Å². The molecule has 0 bridgehead atoms. The molecule has 0 aliphatic carbocycles. The van der Waals surface area contributed by atoms with Crippen LogP contribution < -0.4 is 20.9 Å². The van der Waals surface area contributed by atoms with E-state index in [4.69, 9.17) is 4.42 Å². The Morgan fingerprint density at radius 1 is 1.27 bits per heavy atom. The highest BCUT2D eigenvalue weighted by atomic mass is 16.4. The molecule has 1 amide bonds. The molecule has 5 rings (SSSR count). The van der Waals surface area contributed by atoms with Crippen molar-refractivity contribution >= 4 is 23.4 Å². The van der Waals surface area contributed by atoms with E-state index in [0.29, 0.717) is 36.0 Å². The third-order valence-electron chi connectivity index (χ3n) is 6.09. The number of anilines is 3. The zero-order chi connectivity index (χ0) is 23.1. The first-order chi connectivity index (χ1) is 16.0. The van der Waals surface area contributed by atoms with Crippen LogP contribution in [0.1, 0.15) is 50.0 Å². The summed E-state index contributed by atoms with van der Waals surface area (Å²) in [5, 5.41) is 7.46. The molecule has 10 nitrogen and oxygen atoms in total. The summed E-state index contributed by atoms with van der Waals surface area (Å²) >= 11 is 0. The van der Waals surface area contributed by atoms with Crippen LogP contribution in [0.15, 0.2) is 39.7 Å². The van der Waals surface area contributed by atoms with E-state index < -0.39 is 5.76 Å². The average Bonchev–Trinajstić information content (AvgIpc) is 3.41. The highest BCUT2D eigenvalue weighted by Crippen LogP contribution is 2.35. The summed E-state index contributed by atoms with van der Waals surface area (Å²) < 4.78 is 6.69. The van der Waals surface area contributed by atoms with Crippen molar-refractivity contribution in [3.05, 3.63) is 46.6 Å². The van der Waals surface area contributed by atoms with Gasteiger partial charge in [0.1, 0.15) is 11.4 Å². The predicted molar refractivity (Wildman–Crippen MR) is 125 cm³/mol. The highest BCUT2D eigenvalue weighted by Gasteiger charge is 2.37. The minimum absolute atomic E-state index is 0.109. The number of rotatable bonds is 5. The molecule has 172 valence electrons. The number of nitrogens with zero attached hydrogens (tertiary/aromatic N) is 6. The van der Waals surface area contributed by atoms with Crippen LogP contribution in [0.5, 0.6) is 0 Å². The number of aromatic nitrogens is 4. The first-order valence-electron chi connectivity index (χ1n) is 11.4. The summed E-state index contributed by atoms with van der Waals surface area (Å²) in [6.07, 6.45) is 3.64. The molecule has 1 saturated heterocycles. The fraction of sp³-hybridized carbons (Fsp3) is 0.435. The fourth-order valence-electron chi connectivity index (χ4n) is 4.49. The molecule has 33 heavy (non-hydrogen) atoms. The van der Waals surface area contributed by atoms with Crippen molar-refractivity contribution in [1.29, 1.82) is 0 Å². The van der Waals surface area contributed by atoms with Gasteiger partial charge in [0.15, 0.2) is 0 Å². The van der Waals surface area contributed by atoms with Crippen molar-refractivity contribution in [1.82, 2.24) is 19.7 Å². The fourth-order valence-corrected chi connectivity index (χ4v) is 4.49. The minimum Gasteiger partial charge on any atom is -0.388 e. The molecule has 2 aromatic heterocycles. The average molecular weight is 450 g/mol. The van der Waals surface area contributed by atoms with Crippen LogP contribution in [0.3, 0.4) is 0 Å². The van der Waals surface area contributed by atoms with Gasteiger partial charge in [-0.3, -0.25) is 4.79 Å². The number of fused-ring (bicyclic) bond motifs is 3. The Balaban J connectivity index is 1.55. The largest absolute Gasteiger partial charge is 0.437 e. The molecule has 10 heteroatoms. The lowest BCUT2D eigenvalue weighted by Gasteiger charge is -2.27. The van der Waals surface area contributed by atoms with E-state index in [-0.39, 0.29) is 23.9 Å². The van der Waals surface area contributed by atoms with Crippen LogP contribution in [0.4, 0.5) is 17.5 Å². The summed E-state index contributed by atoms with van der Waals surface area (Å²) in [7, 11) is 0. The van der Waals surface area contributed by atoms with Gasteiger partial charge in [-0.2, -0.15) is 9.67 Å². The second kappa shape index (κ2) is 8.34. The van der Waals surface area contributed by atoms with Crippen LogP contribution in [-0.2, 0) is 0 Å². The van der Waals surface area contributed by atoms with Gasteiger partial charge < -0.3 is 19.5 Å². The maximum atomic E-state index is 13.6. The van der Waals surface area contributed by atoms with Gasteiger partial charge in [0.2, 0.25) is 11.8 Å². The van der Waals surface area contributed by atoms with E-state index in [0.717, 1.165) is 25.1 Å². The van der Waals surface area contributed by atoms with Crippen LogP contribution in [0.2, 0.25) is 0 Å². The zero-order valence-corrected chi connectivity index (χ0v) is 19.0. The summed E-state index contributed by atoms with van der Waals surface area (Å²) in [5.41, 5.74) is 1.85. The monoisotopic (exact) mass is 449 g/mol. The van der Waals surface area contributed by atoms with Gasteiger partial charge in [-0.15, -0.1) is 5.10 Å². The summed E-state index contributed by atoms with van der Waals surface area (Å²) in [4.78, 5) is 38.8. The first-order valence-corrected chi connectivity index (χ1v) is 11.4. The van der Waals surface area contributed by atoms with E-state index in [1.54, 1.807) is 11.1 Å². The molecule has 1 unspecified atom stereocenters. The Bertz CT molecular complexity index is 1250.